The van der Waals surface area contributed by atoms with Gasteiger partial charge in [-0.25, -0.2) is 0 Å². The number of aromatic nitrogens is 2. The maximum absolute atomic E-state index is 11.3. The van der Waals surface area contributed by atoms with Crippen molar-refractivity contribution in [1.82, 2.24) is 14.7 Å². The van der Waals surface area contributed by atoms with Gasteiger partial charge in [-0.15, -0.1) is 5.10 Å². The molecule has 1 heterocycles. The first-order valence-electron chi connectivity index (χ1n) is 4.54. The Morgan fingerprint density at radius 2 is 2.31 bits per heavy atom. The lowest BCUT2D eigenvalue weighted by molar-refractivity contribution is -0.384. The molecule has 0 saturated heterocycles. The summed E-state index contributed by atoms with van der Waals surface area (Å²) in [5.41, 5.74) is -0.144. The van der Waals surface area contributed by atoms with Crippen molar-refractivity contribution in [3.05, 3.63) is 16.3 Å². The van der Waals surface area contributed by atoms with E-state index in [1.807, 2.05) is 0 Å². The number of amides is 1. The Morgan fingerprint density at radius 3 is 2.81 bits per heavy atom. The summed E-state index contributed by atoms with van der Waals surface area (Å²) in [6.07, 6.45) is 1.28. The Hall–Kier alpha value is -2.12. The normalized spacial score (nSPS) is 9.94. The minimum atomic E-state index is -0.546. The zero-order chi connectivity index (χ0) is 12.3. The molecule has 1 N–H and O–H groups in total. The van der Waals surface area contributed by atoms with Crippen LogP contribution in [0.25, 0.3) is 0 Å². The molecule has 0 unspecified atom stereocenters. The van der Waals surface area contributed by atoms with Crippen LogP contribution in [0.15, 0.2) is 6.20 Å². The highest BCUT2D eigenvalue weighted by molar-refractivity contribution is 5.80. The van der Waals surface area contributed by atoms with Crippen molar-refractivity contribution in [3.8, 4) is 0 Å². The summed E-state index contributed by atoms with van der Waals surface area (Å²) in [6.45, 7) is -0.0230. The fraction of sp³-hybridized carbons (Fsp3) is 0.500. The molecule has 8 heteroatoms. The maximum Gasteiger partial charge on any atom is 0.330 e. The summed E-state index contributed by atoms with van der Waals surface area (Å²) in [5.74, 6) is -0.0809. The van der Waals surface area contributed by atoms with Crippen molar-refractivity contribution >= 4 is 17.4 Å². The van der Waals surface area contributed by atoms with Gasteiger partial charge in [-0.2, -0.15) is 0 Å². The highest BCUT2D eigenvalue weighted by atomic mass is 16.6. The molecule has 1 aromatic rings. The van der Waals surface area contributed by atoms with Crippen LogP contribution in [0.3, 0.4) is 0 Å². The molecule has 1 rings (SSSR count). The molecular formula is C8H13N5O3. The number of nitrogens with one attached hydrogen (secondary N) is 1. The Morgan fingerprint density at radius 1 is 1.69 bits per heavy atom. The molecule has 0 spiro atoms. The first-order valence-corrected chi connectivity index (χ1v) is 4.54. The van der Waals surface area contributed by atoms with E-state index in [0.29, 0.717) is 0 Å². The van der Waals surface area contributed by atoms with Crippen molar-refractivity contribution in [2.24, 2.45) is 7.05 Å². The highest BCUT2D eigenvalue weighted by Crippen LogP contribution is 2.20. The predicted molar refractivity (Wildman–Crippen MR) is 57.0 cm³/mol. The largest absolute Gasteiger partial charge is 0.354 e. The third kappa shape index (κ3) is 2.69. The minimum Gasteiger partial charge on any atom is -0.354 e. The lowest BCUT2D eigenvalue weighted by Crippen LogP contribution is -2.28. The Balaban J connectivity index is 2.74. The zero-order valence-electron chi connectivity index (χ0n) is 9.30. The first-order chi connectivity index (χ1) is 7.41. The lowest BCUT2D eigenvalue weighted by atomic mass is 10.5. The van der Waals surface area contributed by atoms with Crippen molar-refractivity contribution in [3.63, 3.8) is 0 Å². The molecule has 0 bridgehead atoms. The van der Waals surface area contributed by atoms with Gasteiger partial charge in [-0.05, 0) is 0 Å². The third-order valence-electron chi connectivity index (χ3n) is 1.91. The lowest BCUT2D eigenvalue weighted by Gasteiger charge is -2.09. The fourth-order valence-corrected chi connectivity index (χ4v) is 1.05. The van der Waals surface area contributed by atoms with Crippen molar-refractivity contribution < 1.29 is 9.72 Å². The van der Waals surface area contributed by atoms with Gasteiger partial charge in [0.1, 0.15) is 6.20 Å². The van der Waals surface area contributed by atoms with Gasteiger partial charge in [0.25, 0.3) is 0 Å². The standard InChI is InChI=1S/C8H13N5O3/c1-11(2)7(14)4-9-8-6(13(15)16)5-12(3)10-8/h5H,4H2,1-3H3,(H,9,10). The smallest absolute Gasteiger partial charge is 0.330 e. The maximum atomic E-state index is 11.3. The van der Waals surface area contributed by atoms with E-state index in [1.54, 1.807) is 21.1 Å². The van der Waals surface area contributed by atoms with Crippen LogP contribution in [0.5, 0.6) is 0 Å². The van der Waals surface area contributed by atoms with Gasteiger partial charge in [0.2, 0.25) is 11.7 Å². The molecule has 0 aliphatic heterocycles. The molecule has 88 valence electrons. The fourth-order valence-electron chi connectivity index (χ4n) is 1.05. The van der Waals surface area contributed by atoms with Crippen molar-refractivity contribution in [2.75, 3.05) is 26.0 Å². The highest BCUT2D eigenvalue weighted by Gasteiger charge is 2.18. The average Bonchev–Trinajstić information content (AvgIpc) is 2.56. The van der Waals surface area contributed by atoms with Gasteiger partial charge < -0.3 is 10.2 Å². The molecule has 0 radical (unpaired) electrons. The van der Waals surface area contributed by atoms with Gasteiger partial charge in [-0.1, -0.05) is 0 Å². The molecule has 1 amide bonds. The minimum absolute atomic E-state index is 0.0230. The van der Waals surface area contributed by atoms with Crippen LogP contribution in [-0.2, 0) is 11.8 Å². The number of anilines is 1. The number of hydrogen-bond donors (Lipinski definition) is 1. The summed E-state index contributed by atoms with van der Waals surface area (Å²) in [4.78, 5) is 22.7. The number of nitrogens with zero attached hydrogens (tertiary/aromatic N) is 4. The molecule has 16 heavy (non-hydrogen) atoms. The topological polar surface area (TPSA) is 93.3 Å². The van der Waals surface area contributed by atoms with Gasteiger partial charge in [0, 0.05) is 21.1 Å². The molecule has 0 aliphatic carbocycles. The van der Waals surface area contributed by atoms with Gasteiger partial charge in [0.15, 0.2) is 0 Å². The van der Waals surface area contributed by atoms with Crippen LogP contribution >= 0.6 is 0 Å². The summed E-state index contributed by atoms with van der Waals surface area (Å²) in [6, 6.07) is 0. The van der Waals surface area contributed by atoms with E-state index in [0.717, 1.165) is 0 Å². The van der Waals surface area contributed by atoms with E-state index >= 15 is 0 Å². The van der Waals surface area contributed by atoms with E-state index in [2.05, 4.69) is 10.4 Å². The summed E-state index contributed by atoms with van der Waals surface area (Å²) in [5, 5.41) is 17.1. The third-order valence-corrected chi connectivity index (χ3v) is 1.91. The van der Waals surface area contributed by atoms with Crippen LogP contribution in [-0.4, -0.2) is 46.2 Å². The molecular weight excluding hydrogens is 214 g/mol. The number of likely N-dealkylation sites (N-methyl/N-ethyl adjacent to an activating group) is 1. The number of carbonyl (C=O) groups excluding carboxylic acids is 1. The summed E-state index contributed by atoms with van der Waals surface area (Å²) < 4.78 is 1.32. The first kappa shape index (κ1) is 12.0. The van der Waals surface area contributed by atoms with E-state index in [9.17, 15) is 14.9 Å². The number of hydrogen-bond acceptors (Lipinski definition) is 5. The van der Waals surface area contributed by atoms with Crippen LogP contribution in [0.2, 0.25) is 0 Å². The molecule has 1 aromatic heterocycles. The zero-order valence-corrected chi connectivity index (χ0v) is 9.30. The molecule has 0 aliphatic rings. The Kier molecular flexibility index (Phi) is 3.44. The number of nitro groups is 1. The van der Waals surface area contributed by atoms with Gasteiger partial charge in [0.05, 0.1) is 11.5 Å². The monoisotopic (exact) mass is 227 g/mol. The number of carbonyl (C=O) groups is 1. The predicted octanol–water partition coefficient (Wildman–Crippen LogP) is -0.172. The van der Waals surface area contributed by atoms with Crippen LogP contribution in [0.1, 0.15) is 0 Å². The molecule has 0 atom stereocenters. The second-order valence-electron chi connectivity index (χ2n) is 3.44. The van der Waals surface area contributed by atoms with E-state index in [4.69, 9.17) is 0 Å². The van der Waals surface area contributed by atoms with Crippen LogP contribution in [0, 0.1) is 10.1 Å². The van der Waals surface area contributed by atoms with Crippen LogP contribution in [0.4, 0.5) is 11.5 Å². The summed E-state index contributed by atoms with van der Waals surface area (Å²) in [7, 11) is 4.79. The van der Waals surface area contributed by atoms with Crippen molar-refractivity contribution in [2.45, 2.75) is 0 Å². The quantitative estimate of drug-likeness (QED) is 0.569. The van der Waals surface area contributed by atoms with E-state index in [-0.39, 0.29) is 24.0 Å². The Labute approximate surface area is 92.0 Å². The van der Waals surface area contributed by atoms with Crippen LogP contribution < -0.4 is 5.32 Å². The number of aryl methyl sites for hydroxylation is 1. The Bertz CT molecular complexity index is 412. The van der Waals surface area contributed by atoms with E-state index < -0.39 is 4.92 Å². The SMILES string of the molecule is CN(C)C(=O)CNc1nn(C)cc1[N+](=O)[O-]. The summed E-state index contributed by atoms with van der Waals surface area (Å²) >= 11 is 0. The second kappa shape index (κ2) is 4.60. The van der Waals surface area contributed by atoms with Gasteiger partial charge in [-0.3, -0.25) is 19.6 Å². The number of rotatable bonds is 4. The molecule has 0 saturated carbocycles. The second-order valence-corrected chi connectivity index (χ2v) is 3.44. The molecule has 0 aromatic carbocycles. The van der Waals surface area contributed by atoms with E-state index in [1.165, 1.54) is 15.8 Å². The average molecular weight is 227 g/mol. The molecule has 8 nitrogen and oxygen atoms in total. The molecule has 0 fully saturated rings. The van der Waals surface area contributed by atoms with Gasteiger partial charge >= 0.3 is 5.69 Å². The van der Waals surface area contributed by atoms with Crippen molar-refractivity contribution in [1.29, 1.82) is 0 Å².